The van der Waals surface area contributed by atoms with Crippen LogP contribution in [0.5, 0.6) is 0 Å². The Balaban J connectivity index is 5.09. The maximum absolute atomic E-state index is 12.8. The van der Waals surface area contributed by atoms with Gasteiger partial charge in [0.05, 0.1) is 0 Å². The molecule has 0 rings (SSSR count). The number of thioether (sulfide) groups is 1. The Morgan fingerprint density at radius 2 is 1.62 bits per heavy atom. The van der Waals surface area contributed by atoms with Gasteiger partial charge in [0.15, 0.2) is 5.12 Å². The van der Waals surface area contributed by atoms with E-state index in [1.54, 1.807) is 0 Å². The van der Waals surface area contributed by atoms with Gasteiger partial charge in [0.25, 0.3) is 0 Å². The summed E-state index contributed by atoms with van der Waals surface area (Å²) in [6.07, 6.45) is 0.750. The number of rotatable bonds is 8. The van der Waals surface area contributed by atoms with Crippen LogP contribution >= 0.6 is 11.8 Å². The number of carboxylic acid groups (broad SMARTS) is 1. The van der Waals surface area contributed by atoms with Crippen molar-refractivity contribution in [2.45, 2.75) is 66.7 Å². The van der Waals surface area contributed by atoms with Crippen molar-refractivity contribution in [3.63, 3.8) is 0 Å². The van der Waals surface area contributed by atoms with Crippen molar-refractivity contribution in [3.8, 4) is 0 Å². The first kappa shape index (κ1) is 23.0. The van der Waals surface area contributed by atoms with E-state index < -0.39 is 5.97 Å². The summed E-state index contributed by atoms with van der Waals surface area (Å²) in [6, 6.07) is -0.153. The minimum atomic E-state index is -0.895. The number of carboxylic acids is 1. The Bertz CT molecular complexity index is 454. The predicted molar refractivity (Wildman–Crippen MR) is 102 cm³/mol. The van der Waals surface area contributed by atoms with Gasteiger partial charge >= 0.3 is 5.97 Å². The van der Waals surface area contributed by atoms with Gasteiger partial charge < -0.3 is 10.4 Å². The molecule has 0 aliphatic rings. The monoisotopic (exact) mass is 357 g/mol. The van der Waals surface area contributed by atoms with Crippen molar-refractivity contribution in [1.29, 1.82) is 0 Å². The fourth-order valence-electron chi connectivity index (χ4n) is 2.28. The summed E-state index contributed by atoms with van der Waals surface area (Å²) >= 11 is 1.24. The second-order valence-corrected chi connectivity index (χ2v) is 9.39. The van der Waals surface area contributed by atoms with Crippen LogP contribution in [-0.2, 0) is 14.4 Å². The standard InChI is InChI=1S/C17H32BNO4S/c1-16(2,3)11(7-8-13(20)21)15(23)19-12(17(4,5)6)10-24-14(22)9-18/h11-12H,7-10,18H2,1-6H3,(H,19,23)(H,20,21)/t11?,12-/m0/s1. The fourth-order valence-corrected chi connectivity index (χ4v) is 3.42. The molecule has 1 amide bonds. The molecule has 5 nitrogen and oxygen atoms in total. The van der Waals surface area contributed by atoms with E-state index in [0.717, 1.165) is 0 Å². The van der Waals surface area contributed by atoms with E-state index in [1.807, 2.05) is 49.4 Å². The maximum Gasteiger partial charge on any atom is 0.303 e. The highest BCUT2D eigenvalue weighted by atomic mass is 32.2. The van der Waals surface area contributed by atoms with Crippen LogP contribution in [0.4, 0.5) is 0 Å². The Hall–Kier alpha value is -0.975. The molecule has 0 saturated heterocycles. The molecular weight excluding hydrogens is 325 g/mol. The van der Waals surface area contributed by atoms with E-state index in [0.29, 0.717) is 18.5 Å². The fraction of sp³-hybridized carbons (Fsp3) is 0.824. The average molecular weight is 357 g/mol. The van der Waals surface area contributed by atoms with Gasteiger partial charge in [0.1, 0.15) is 7.85 Å². The molecule has 0 aliphatic heterocycles. The molecule has 1 unspecified atom stereocenters. The molecule has 0 radical (unpaired) electrons. The molecule has 7 heteroatoms. The van der Waals surface area contributed by atoms with E-state index in [-0.39, 0.29) is 40.2 Å². The third-order valence-corrected chi connectivity index (χ3v) is 5.18. The van der Waals surface area contributed by atoms with Gasteiger partial charge in [-0.15, -0.1) is 0 Å². The first-order valence-corrected chi connectivity index (χ1v) is 9.45. The highest BCUT2D eigenvalue weighted by molar-refractivity contribution is 8.13. The minimum Gasteiger partial charge on any atom is -0.481 e. The lowest BCUT2D eigenvalue weighted by atomic mass is 9.77. The normalized spacial score (nSPS) is 14.8. The molecule has 0 aromatic heterocycles. The molecule has 0 aromatic carbocycles. The number of hydrogen-bond donors (Lipinski definition) is 2. The first-order chi connectivity index (χ1) is 10.8. The summed E-state index contributed by atoms with van der Waals surface area (Å²) in [5.41, 5.74) is -0.514. The van der Waals surface area contributed by atoms with E-state index in [9.17, 15) is 14.4 Å². The molecule has 138 valence electrons. The van der Waals surface area contributed by atoms with Crippen molar-refractivity contribution in [2.24, 2.45) is 16.7 Å². The minimum absolute atomic E-state index is 0.0292. The number of hydrogen-bond acceptors (Lipinski definition) is 4. The SMILES string of the molecule is BCC(=O)SC[C@H](NC(=O)C(CCC(=O)O)C(C)(C)C)C(C)(C)C. The lowest BCUT2D eigenvalue weighted by molar-refractivity contribution is -0.138. The molecule has 0 bridgehead atoms. The van der Waals surface area contributed by atoms with E-state index in [1.165, 1.54) is 11.8 Å². The van der Waals surface area contributed by atoms with E-state index >= 15 is 0 Å². The third kappa shape index (κ3) is 8.76. The summed E-state index contributed by atoms with van der Waals surface area (Å²) in [4.78, 5) is 35.2. The average Bonchev–Trinajstić information content (AvgIpc) is 2.39. The summed E-state index contributed by atoms with van der Waals surface area (Å²) < 4.78 is 0. The Morgan fingerprint density at radius 1 is 1.08 bits per heavy atom. The molecule has 0 aliphatic carbocycles. The van der Waals surface area contributed by atoms with Gasteiger partial charge in [-0.3, -0.25) is 14.4 Å². The van der Waals surface area contributed by atoms with Gasteiger partial charge in [-0.25, -0.2) is 0 Å². The molecule has 0 aromatic rings. The van der Waals surface area contributed by atoms with Crippen LogP contribution in [0.3, 0.4) is 0 Å². The molecule has 0 heterocycles. The van der Waals surface area contributed by atoms with Gasteiger partial charge in [-0.05, 0) is 23.6 Å². The van der Waals surface area contributed by atoms with Crippen LogP contribution < -0.4 is 5.32 Å². The highest BCUT2D eigenvalue weighted by Gasteiger charge is 2.35. The lowest BCUT2D eigenvalue weighted by Gasteiger charge is -2.35. The molecular formula is C17H32BNO4S. The summed E-state index contributed by atoms with van der Waals surface area (Å²) in [6.45, 7) is 11.9. The van der Waals surface area contributed by atoms with Crippen LogP contribution in [0.25, 0.3) is 0 Å². The number of carbonyl (C=O) groups is 3. The predicted octanol–water partition coefficient (Wildman–Crippen LogP) is 2.36. The lowest BCUT2D eigenvalue weighted by Crippen LogP contribution is -2.49. The van der Waals surface area contributed by atoms with Gasteiger partial charge in [0.2, 0.25) is 5.91 Å². The topological polar surface area (TPSA) is 83.5 Å². The third-order valence-electron chi connectivity index (χ3n) is 4.07. The number of amides is 1. The molecule has 24 heavy (non-hydrogen) atoms. The Labute approximate surface area is 151 Å². The number of aliphatic carboxylic acids is 1. The molecule has 2 atom stereocenters. The summed E-state index contributed by atoms with van der Waals surface area (Å²) in [5, 5.41) is 12.1. The van der Waals surface area contributed by atoms with Crippen molar-refractivity contribution >= 4 is 36.6 Å². The number of nitrogens with one attached hydrogen (secondary N) is 1. The Kier molecular flexibility index (Phi) is 9.11. The van der Waals surface area contributed by atoms with Gasteiger partial charge in [-0.2, -0.15) is 0 Å². The summed E-state index contributed by atoms with van der Waals surface area (Å²) in [5.74, 6) is -0.885. The quantitative estimate of drug-likeness (QED) is 0.652. The van der Waals surface area contributed by atoms with E-state index in [4.69, 9.17) is 5.11 Å². The van der Waals surface area contributed by atoms with Crippen LogP contribution in [0, 0.1) is 16.7 Å². The summed E-state index contributed by atoms with van der Waals surface area (Å²) in [7, 11) is 1.82. The van der Waals surface area contributed by atoms with E-state index in [2.05, 4.69) is 5.32 Å². The van der Waals surface area contributed by atoms with Crippen molar-refractivity contribution in [1.82, 2.24) is 5.32 Å². The van der Waals surface area contributed by atoms with Crippen LogP contribution in [0.1, 0.15) is 54.4 Å². The van der Waals surface area contributed by atoms with Crippen LogP contribution in [0.15, 0.2) is 0 Å². The maximum atomic E-state index is 12.8. The zero-order chi connectivity index (χ0) is 19.1. The second-order valence-electron chi connectivity index (χ2n) is 8.31. The second kappa shape index (κ2) is 9.49. The first-order valence-electron chi connectivity index (χ1n) is 8.46. The van der Waals surface area contributed by atoms with Crippen LogP contribution in [-0.4, -0.2) is 41.7 Å². The molecule has 0 saturated carbocycles. The number of carbonyl (C=O) groups excluding carboxylic acids is 2. The molecule has 2 N–H and O–H groups in total. The van der Waals surface area contributed by atoms with Crippen molar-refractivity contribution in [2.75, 3.05) is 5.75 Å². The molecule has 0 fully saturated rings. The smallest absolute Gasteiger partial charge is 0.303 e. The van der Waals surface area contributed by atoms with Gasteiger partial charge in [-0.1, -0.05) is 53.3 Å². The highest BCUT2D eigenvalue weighted by Crippen LogP contribution is 2.31. The Morgan fingerprint density at radius 3 is 2.00 bits per heavy atom. The van der Waals surface area contributed by atoms with Gasteiger partial charge in [0, 0.05) is 24.1 Å². The molecule has 0 spiro atoms. The van der Waals surface area contributed by atoms with Crippen molar-refractivity contribution in [3.05, 3.63) is 0 Å². The largest absolute Gasteiger partial charge is 0.481 e. The zero-order valence-corrected chi connectivity index (χ0v) is 16.9. The zero-order valence-electron chi connectivity index (χ0n) is 16.1. The van der Waals surface area contributed by atoms with Crippen LogP contribution in [0.2, 0.25) is 6.32 Å². The van der Waals surface area contributed by atoms with Crippen molar-refractivity contribution < 1.29 is 19.5 Å².